The van der Waals surface area contributed by atoms with E-state index in [2.05, 4.69) is 15.6 Å². The van der Waals surface area contributed by atoms with Gasteiger partial charge in [0.2, 0.25) is 0 Å². The molecule has 19 heavy (non-hydrogen) atoms. The van der Waals surface area contributed by atoms with Crippen LogP contribution in [-0.2, 0) is 6.42 Å². The Kier molecular flexibility index (Phi) is 8.62. The van der Waals surface area contributed by atoms with E-state index < -0.39 is 11.6 Å². The summed E-state index contributed by atoms with van der Waals surface area (Å²) in [6.07, 6.45) is 0.275. The zero-order chi connectivity index (χ0) is 13.5. The molecular formula is C13H20F2IN3. The molecule has 0 unspecified atom stereocenters. The number of rotatable bonds is 4. The minimum atomic E-state index is -0.511. The molecular weight excluding hydrogens is 363 g/mol. The van der Waals surface area contributed by atoms with E-state index >= 15 is 0 Å². The quantitative estimate of drug-likeness (QED) is 0.477. The maximum Gasteiger partial charge on any atom is 0.191 e. The second-order valence-corrected chi connectivity index (χ2v) is 4.25. The van der Waals surface area contributed by atoms with Gasteiger partial charge in [-0.05, 0) is 32.4 Å². The van der Waals surface area contributed by atoms with Gasteiger partial charge in [0.25, 0.3) is 0 Å². The highest BCUT2D eigenvalue weighted by Gasteiger charge is 2.08. The van der Waals surface area contributed by atoms with Crippen molar-refractivity contribution in [1.82, 2.24) is 10.6 Å². The van der Waals surface area contributed by atoms with Gasteiger partial charge in [0, 0.05) is 25.2 Å². The molecule has 0 radical (unpaired) electrons. The van der Waals surface area contributed by atoms with Gasteiger partial charge in [-0.2, -0.15) is 0 Å². The summed E-state index contributed by atoms with van der Waals surface area (Å²) in [5.74, 6) is -0.394. The summed E-state index contributed by atoms with van der Waals surface area (Å²) < 4.78 is 26.7. The minimum absolute atomic E-state index is 0. The van der Waals surface area contributed by atoms with E-state index in [0.717, 1.165) is 0 Å². The normalized spacial score (nSPS) is 11.2. The second kappa shape index (κ2) is 9.06. The largest absolute Gasteiger partial charge is 0.356 e. The zero-order valence-corrected chi connectivity index (χ0v) is 13.7. The molecule has 0 bridgehead atoms. The maximum atomic E-state index is 13.4. The molecule has 0 aliphatic carbocycles. The Labute approximate surface area is 129 Å². The van der Waals surface area contributed by atoms with Crippen molar-refractivity contribution in [3.63, 3.8) is 0 Å². The molecule has 0 saturated heterocycles. The molecule has 0 aromatic heterocycles. The Hall–Kier alpha value is -0.920. The Morgan fingerprint density at radius 3 is 2.32 bits per heavy atom. The van der Waals surface area contributed by atoms with Gasteiger partial charge in [-0.3, -0.25) is 4.99 Å². The molecule has 0 aliphatic rings. The fraction of sp³-hybridized carbons (Fsp3) is 0.462. The number of hydrogen-bond donors (Lipinski definition) is 2. The highest BCUT2D eigenvalue weighted by Crippen LogP contribution is 2.11. The van der Waals surface area contributed by atoms with Crippen LogP contribution in [0.1, 0.15) is 19.4 Å². The number of halogens is 3. The summed E-state index contributed by atoms with van der Waals surface area (Å²) in [5.41, 5.74) is 0.102. The minimum Gasteiger partial charge on any atom is -0.356 e. The van der Waals surface area contributed by atoms with Crippen molar-refractivity contribution in [3.05, 3.63) is 35.4 Å². The van der Waals surface area contributed by atoms with Crippen LogP contribution in [0.15, 0.2) is 23.2 Å². The molecule has 0 amide bonds. The topological polar surface area (TPSA) is 36.4 Å². The Bertz CT molecular complexity index is 402. The number of nitrogens with zero attached hydrogens (tertiary/aromatic N) is 1. The fourth-order valence-electron chi connectivity index (χ4n) is 1.55. The van der Waals surface area contributed by atoms with E-state index in [9.17, 15) is 8.78 Å². The van der Waals surface area contributed by atoms with Crippen LogP contribution in [0.25, 0.3) is 0 Å². The Morgan fingerprint density at radius 1 is 1.26 bits per heavy atom. The third kappa shape index (κ3) is 6.17. The molecule has 0 heterocycles. The highest BCUT2D eigenvalue weighted by atomic mass is 127. The van der Waals surface area contributed by atoms with E-state index in [-0.39, 0.29) is 42.0 Å². The average Bonchev–Trinajstić information content (AvgIpc) is 2.31. The standard InChI is InChI=1S/C13H19F2N3.HI/c1-9(2)18-13(16-3)17-8-7-10-11(14)5-4-6-12(10)15;/h4-6,9H,7-8H2,1-3H3,(H2,16,17,18);1H. The lowest BCUT2D eigenvalue weighted by atomic mass is 10.1. The predicted octanol–water partition coefficient (Wildman–Crippen LogP) is 2.70. The number of aliphatic imine (C=N–C) groups is 1. The van der Waals surface area contributed by atoms with E-state index in [1.807, 2.05) is 13.8 Å². The molecule has 0 fully saturated rings. The summed E-state index contributed by atoms with van der Waals surface area (Å²) >= 11 is 0. The number of hydrogen-bond acceptors (Lipinski definition) is 1. The van der Waals surface area contributed by atoms with E-state index in [0.29, 0.717) is 12.5 Å². The van der Waals surface area contributed by atoms with Crippen LogP contribution in [0.4, 0.5) is 8.78 Å². The van der Waals surface area contributed by atoms with Crippen molar-refractivity contribution in [2.75, 3.05) is 13.6 Å². The first kappa shape index (κ1) is 18.1. The van der Waals surface area contributed by atoms with Crippen LogP contribution in [0.3, 0.4) is 0 Å². The van der Waals surface area contributed by atoms with E-state index in [1.54, 1.807) is 7.05 Å². The van der Waals surface area contributed by atoms with Gasteiger partial charge in [-0.25, -0.2) is 8.78 Å². The lowest BCUT2D eigenvalue weighted by Gasteiger charge is -2.14. The van der Waals surface area contributed by atoms with E-state index in [1.165, 1.54) is 18.2 Å². The van der Waals surface area contributed by atoms with Crippen molar-refractivity contribution in [1.29, 1.82) is 0 Å². The summed E-state index contributed by atoms with van der Waals surface area (Å²) in [6, 6.07) is 4.14. The van der Waals surface area contributed by atoms with Gasteiger partial charge < -0.3 is 10.6 Å². The summed E-state index contributed by atoms with van der Waals surface area (Å²) in [5, 5.41) is 6.11. The van der Waals surface area contributed by atoms with Crippen molar-refractivity contribution in [2.45, 2.75) is 26.3 Å². The first-order valence-electron chi connectivity index (χ1n) is 5.94. The van der Waals surface area contributed by atoms with E-state index in [4.69, 9.17) is 0 Å². The van der Waals surface area contributed by atoms with Crippen molar-refractivity contribution in [3.8, 4) is 0 Å². The van der Waals surface area contributed by atoms with Crippen LogP contribution in [0, 0.1) is 11.6 Å². The molecule has 1 rings (SSSR count). The first-order chi connectivity index (χ1) is 8.54. The number of nitrogens with one attached hydrogen (secondary N) is 2. The van der Waals surface area contributed by atoms with Gasteiger partial charge in [-0.1, -0.05) is 6.07 Å². The predicted molar refractivity (Wildman–Crippen MR) is 85.1 cm³/mol. The number of benzene rings is 1. The zero-order valence-electron chi connectivity index (χ0n) is 11.3. The van der Waals surface area contributed by atoms with Crippen LogP contribution >= 0.6 is 24.0 Å². The first-order valence-corrected chi connectivity index (χ1v) is 5.94. The molecule has 6 heteroatoms. The van der Waals surface area contributed by atoms with Gasteiger partial charge in [-0.15, -0.1) is 24.0 Å². The summed E-state index contributed by atoms with van der Waals surface area (Å²) in [4.78, 5) is 4.01. The lowest BCUT2D eigenvalue weighted by Crippen LogP contribution is -2.41. The number of guanidine groups is 1. The second-order valence-electron chi connectivity index (χ2n) is 4.25. The van der Waals surface area contributed by atoms with Crippen LogP contribution in [0.2, 0.25) is 0 Å². The third-order valence-corrected chi connectivity index (χ3v) is 2.38. The van der Waals surface area contributed by atoms with Crippen molar-refractivity contribution in [2.24, 2.45) is 4.99 Å². The van der Waals surface area contributed by atoms with Gasteiger partial charge in [0.15, 0.2) is 5.96 Å². The van der Waals surface area contributed by atoms with Crippen molar-refractivity contribution >= 4 is 29.9 Å². The Morgan fingerprint density at radius 2 is 1.84 bits per heavy atom. The molecule has 0 saturated carbocycles. The van der Waals surface area contributed by atoms with Gasteiger partial charge in [0.05, 0.1) is 0 Å². The molecule has 1 aromatic rings. The molecule has 2 N–H and O–H groups in total. The lowest BCUT2D eigenvalue weighted by molar-refractivity contribution is 0.552. The molecule has 3 nitrogen and oxygen atoms in total. The molecule has 0 aliphatic heterocycles. The molecule has 108 valence electrons. The monoisotopic (exact) mass is 383 g/mol. The molecule has 0 spiro atoms. The van der Waals surface area contributed by atoms with Gasteiger partial charge >= 0.3 is 0 Å². The maximum absolute atomic E-state index is 13.4. The Balaban J connectivity index is 0.00000324. The average molecular weight is 383 g/mol. The molecule has 1 aromatic carbocycles. The van der Waals surface area contributed by atoms with Crippen molar-refractivity contribution < 1.29 is 8.78 Å². The highest BCUT2D eigenvalue weighted by molar-refractivity contribution is 14.0. The van der Waals surface area contributed by atoms with Crippen LogP contribution in [-0.4, -0.2) is 25.6 Å². The van der Waals surface area contributed by atoms with Crippen LogP contribution in [0.5, 0.6) is 0 Å². The SMILES string of the molecule is CN=C(NCCc1c(F)cccc1F)NC(C)C.I. The molecule has 0 atom stereocenters. The summed E-state index contributed by atoms with van der Waals surface area (Å²) in [6.45, 7) is 4.40. The summed E-state index contributed by atoms with van der Waals surface area (Å²) in [7, 11) is 1.65. The van der Waals surface area contributed by atoms with Crippen LogP contribution < -0.4 is 10.6 Å². The third-order valence-electron chi connectivity index (χ3n) is 2.38. The fourth-order valence-corrected chi connectivity index (χ4v) is 1.55. The van der Waals surface area contributed by atoms with Gasteiger partial charge in [0.1, 0.15) is 11.6 Å². The smallest absolute Gasteiger partial charge is 0.191 e.